The zero-order chi connectivity index (χ0) is 28.0. The molecule has 0 unspecified atom stereocenters. The number of carbonyl (C=O) groups is 2. The second-order valence-electron chi connectivity index (χ2n) is 10.2. The number of hydrogen-bond donors (Lipinski definition) is 2. The van der Waals surface area contributed by atoms with Crippen molar-refractivity contribution >= 4 is 34.5 Å². The van der Waals surface area contributed by atoms with E-state index < -0.39 is 29.1 Å². The number of fused-ring (bicyclic) bond motifs is 1. The number of amides is 2. The van der Waals surface area contributed by atoms with Crippen molar-refractivity contribution in [1.82, 2.24) is 9.55 Å². The molecule has 4 rings (SSSR count). The highest BCUT2D eigenvalue weighted by Crippen LogP contribution is 2.34. The first-order valence-corrected chi connectivity index (χ1v) is 11.8. The Morgan fingerprint density at radius 1 is 0.947 bits per heavy atom. The standard InChI is InChI=1S/C28H28F3N5O2/c1-27(2,3)16-10-12-18(13-11-16)36-22-15-17(14-20(24(32)37)23(22)34-26(36)35(4)5)33-25(38)19-8-6-7-9-21(19)28(29,30)31/h6-15H,1-5H3,(H2,32,37)(H,33,38). The molecule has 7 nitrogen and oxygen atoms in total. The molecule has 3 N–H and O–H groups in total. The van der Waals surface area contributed by atoms with Crippen LogP contribution in [0.5, 0.6) is 0 Å². The maximum Gasteiger partial charge on any atom is 0.417 e. The topological polar surface area (TPSA) is 93.2 Å². The lowest BCUT2D eigenvalue weighted by Crippen LogP contribution is -2.19. The molecule has 1 heterocycles. The van der Waals surface area contributed by atoms with Crippen molar-refractivity contribution in [2.24, 2.45) is 5.73 Å². The molecule has 0 atom stereocenters. The van der Waals surface area contributed by atoms with Crippen LogP contribution in [-0.4, -0.2) is 35.5 Å². The van der Waals surface area contributed by atoms with E-state index in [1.165, 1.54) is 18.2 Å². The first kappa shape index (κ1) is 26.7. The Labute approximate surface area is 218 Å². The first-order chi connectivity index (χ1) is 17.7. The van der Waals surface area contributed by atoms with E-state index in [4.69, 9.17) is 5.73 Å². The zero-order valence-corrected chi connectivity index (χ0v) is 21.6. The molecule has 0 aliphatic heterocycles. The molecule has 38 heavy (non-hydrogen) atoms. The summed E-state index contributed by atoms with van der Waals surface area (Å²) in [4.78, 5) is 31.7. The van der Waals surface area contributed by atoms with Gasteiger partial charge in [-0.25, -0.2) is 4.98 Å². The number of aromatic nitrogens is 2. The fourth-order valence-electron chi connectivity index (χ4n) is 4.22. The number of halogens is 3. The number of nitrogens with zero attached hydrogens (tertiary/aromatic N) is 3. The Kier molecular flexibility index (Phi) is 6.69. The van der Waals surface area contributed by atoms with Crippen molar-refractivity contribution in [3.63, 3.8) is 0 Å². The van der Waals surface area contributed by atoms with E-state index in [2.05, 4.69) is 31.1 Å². The highest BCUT2D eigenvalue weighted by atomic mass is 19.4. The molecule has 0 aliphatic carbocycles. The molecular weight excluding hydrogens is 495 g/mol. The van der Waals surface area contributed by atoms with Gasteiger partial charge < -0.3 is 16.0 Å². The van der Waals surface area contributed by atoms with Gasteiger partial charge in [0, 0.05) is 25.5 Å². The Balaban J connectivity index is 1.89. The SMILES string of the molecule is CN(C)c1nc2c(C(N)=O)cc(NC(=O)c3ccccc3C(F)(F)F)cc2n1-c1ccc(C(C)(C)C)cc1. The van der Waals surface area contributed by atoms with Gasteiger partial charge in [0.25, 0.3) is 11.8 Å². The van der Waals surface area contributed by atoms with E-state index >= 15 is 0 Å². The number of rotatable bonds is 5. The zero-order valence-electron chi connectivity index (χ0n) is 21.6. The summed E-state index contributed by atoms with van der Waals surface area (Å²) in [7, 11) is 3.59. The number of hydrogen-bond acceptors (Lipinski definition) is 4. The van der Waals surface area contributed by atoms with Gasteiger partial charge in [-0.1, -0.05) is 45.0 Å². The van der Waals surface area contributed by atoms with Crippen molar-refractivity contribution in [3.8, 4) is 5.69 Å². The number of benzene rings is 3. The fraction of sp³-hybridized carbons (Fsp3) is 0.250. The first-order valence-electron chi connectivity index (χ1n) is 11.8. The lowest BCUT2D eigenvalue weighted by molar-refractivity contribution is -0.137. The lowest BCUT2D eigenvalue weighted by Gasteiger charge is -2.20. The smallest absolute Gasteiger partial charge is 0.366 e. The number of nitrogens with two attached hydrogens (primary N) is 1. The van der Waals surface area contributed by atoms with Crippen LogP contribution in [0.15, 0.2) is 60.7 Å². The fourth-order valence-corrected chi connectivity index (χ4v) is 4.22. The summed E-state index contributed by atoms with van der Waals surface area (Å²) in [6.45, 7) is 6.31. The van der Waals surface area contributed by atoms with Crippen LogP contribution < -0.4 is 16.0 Å². The second-order valence-corrected chi connectivity index (χ2v) is 10.2. The van der Waals surface area contributed by atoms with Gasteiger partial charge in [0.2, 0.25) is 5.95 Å². The van der Waals surface area contributed by atoms with Gasteiger partial charge in [-0.3, -0.25) is 14.2 Å². The molecule has 3 aromatic carbocycles. The predicted molar refractivity (Wildman–Crippen MR) is 142 cm³/mol. The average molecular weight is 524 g/mol. The summed E-state index contributed by atoms with van der Waals surface area (Å²) in [5, 5.41) is 2.50. The minimum absolute atomic E-state index is 0.0232. The molecule has 0 saturated carbocycles. The summed E-state index contributed by atoms with van der Waals surface area (Å²) in [5.41, 5.74) is 6.72. The van der Waals surface area contributed by atoms with Crippen LogP contribution in [0.25, 0.3) is 16.7 Å². The third kappa shape index (κ3) is 5.06. The van der Waals surface area contributed by atoms with Gasteiger partial charge in [-0.05, 0) is 47.4 Å². The number of nitrogens with one attached hydrogen (secondary N) is 1. The Bertz CT molecular complexity index is 1530. The van der Waals surface area contributed by atoms with Crippen LogP contribution in [0.4, 0.5) is 24.8 Å². The van der Waals surface area contributed by atoms with Crippen molar-refractivity contribution < 1.29 is 22.8 Å². The van der Waals surface area contributed by atoms with Crippen molar-refractivity contribution in [2.45, 2.75) is 32.4 Å². The lowest BCUT2D eigenvalue weighted by atomic mass is 9.87. The van der Waals surface area contributed by atoms with Crippen LogP contribution in [0.1, 0.15) is 52.6 Å². The molecule has 0 radical (unpaired) electrons. The van der Waals surface area contributed by atoms with Crippen LogP contribution in [-0.2, 0) is 11.6 Å². The molecular formula is C28H28F3N5O2. The largest absolute Gasteiger partial charge is 0.417 e. The molecule has 2 amide bonds. The number of alkyl halides is 3. The summed E-state index contributed by atoms with van der Waals surface area (Å²) in [6, 6.07) is 15.2. The Hall–Kier alpha value is -4.34. The van der Waals surface area contributed by atoms with Gasteiger partial charge in [0.1, 0.15) is 5.52 Å². The molecule has 10 heteroatoms. The molecule has 0 saturated heterocycles. The van der Waals surface area contributed by atoms with E-state index in [0.717, 1.165) is 23.4 Å². The maximum atomic E-state index is 13.5. The van der Waals surface area contributed by atoms with Gasteiger partial charge in [0.05, 0.1) is 22.2 Å². The van der Waals surface area contributed by atoms with E-state index in [-0.39, 0.29) is 16.7 Å². The van der Waals surface area contributed by atoms with Gasteiger partial charge >= 0.3 is 6.18 Å². The molecule has 1 aromatic heterocycles. The monoisotopic (exact) mass is 523 g/mol. The number of primary amides is 1. The van der Waals surface area contributed by atoms with Crippen LogP contribution >= 0.6 is 0 Å². The minimum Gasteiger partial charge on any atom is -0.366 e. The minimum atomic E-state index is -4.71. The average Bonchev–Trinajstić information content (AvgIpc) is 3.22. The summed E-state index contributed by atoms with van der Waals surface area (Å²) in [6.07, 6.45) is -4.71. The van der Waals surface area contributed by atoms with E-state index in [1.807, 2.05) is 24.3 Å². The maximum absolute atomic E-state index is 13.5. The molecule has 198 valence electrons. The number of carbonyl (C=O) groups excluding carboxylic acids is 2. The Morgan fingerprint density at radius 2 is 1.58 bits per heavy atom. The molecule has 0 bridgehead atoms. The summed E-state index contributed by atoms with van der Waals surface area (Å²) >= 11 is 0. The van der Waals surface area contributed by atoms with Gasteiger partial charge in [0.15, 0.2) is 0 Å². The molecule has 0 fully saturated rings. The quantitative estimate of drug-likeness (QED) is 0.348. The highest BCUT2D eigenvalue weighted by Gasteiger charge is 2.35. The van der Waals surface area contributed by atoms with E-state index in [9.17, 15) is 22.8 Å². The van der Waals surface area contributed by atoms with E-state index in [0.29, 0.717) is 17.0 Å². The van der Waals surface area contributed by atoms with Crippen molar-refractivity contribution in [3.05, 3.63) is 82.9 Å². The summed E-state index contributed by atoms with van der Waals surface area (Å²) < 4.78 is 42.3. The molecule has 0 aliphatic rings. The predicted octanol–water partition coefficient (Wildman–Crippen LogP) is 5.76. The van der Waals surface area contributed by atoms with Crippen LogP contribution in [0.2, 0.25) is 0 Å². The van der Waals surface area contributed by atoms with E-state index in [1.54, 1.807) is 29.6 Å². The normalized spacial score (nSPS) is 12.0. The third-order valence-corrected chi connectivity index (χ3v) is 6.13. The molecule has 4 aromatic rings. The molecule has 0 spiro atoms. The highest BCUT2D eigenvalue weighted by molar-refractivity contribution is 6.10. The van der Waals surface area contributed by atoms with Gasteiger partial charge in [-0.2, -0.15) is 13.2 Å². The Morgan fingerprint density at radius 3 is 2.13 bits per heavy atom. The third-order valence-electron chi connectivity index (χ3n) is 6.13. The summed E-state index contributed by atoms with van der Waals surface area (Å²) in [5.74, 6) is -1.27. The number of imidazole rings is 1. The van der Waals surface area contributed by atoms with Crippen molar-refractivity contribution in [1.29, 1.82) is 0 Å². The van der Waals surface area contributed by atoms with Crippen molar-refractivity contribution in [2.75, 3.05) is 24.3 Å². The number of anilines is 2. The van der Waals surface area contributed by atoms with Gasteiger partial charge in [-0.15, -0.1) is 0 Å². The van der Waals surface area contributed by atoms with Crippen LogP contribution in [0.3, 0.4) is 0 Å². The van der Waals surface area contributed by atoms with Crippen LogP contribution in [0, 0.1) is 0 Å². The second kappa shape index (κ2) is 9.51.